The average molecular weight is 708 g/mol. The highest BCUT2D eigenvalue weighted by atomic mass is 16.7. The molecule has 2 aromatic carbocycles. The van der Waals surface area contributed by atoms with E-state index in [1.54, 1.807) is 18.1 Å². The van der Waals surface area contributed by atoms with E-state index in [0.717, 1.165) is 6.42 Å². The van der Waals surface area contributed by atoms with Crippen LogP contribution >= 0.6 is 0 Å². The van der Waals surface area contributed by atoms with Crippen LogP contribution < -0.4 is 10.1 Å². The Labute approximate surface area is 293 Å². The standard InChI is InChI=1S/C36H41N3O12/c1-15-32-20(39-7-8-48-34(47-3)33(39)51-32)10-23(49-15)50-22-12-36(45,35(44)38-13-16-9-17(14-38)37-16)11-19-25(22)31(43)27-26(29(19)41)28(40)18-5-4-6-21(46-2)24(18)30(27)42/h4-6,15-17,20,22-23,32-34,37,41,43,45H,7-14H2,1-3H3/t15-,16?,17?,20-,22-,23-,32+,33+,34-,36-/m0/s1. The number of rotatable bonds is 5. The highest BCUT2D eigenvalue weighted by molar-refractivity contribution is 6.31. The first kappa shape index (κ1) is 33.2. The summed E-state index contributed by atoms with van der Waals surface area (Å²) in [4.78, 5) is 46.0. The van der Waals surface area contributed by atoms with Crippen molar-refractivity contribution in [3.63, 3.8) is 0 Å². The molecule has 6 fully saturated rings. The normalized spacial score (nSPS) is 36.7. The second-order valence-electron chi connectivity index (χ2n) is 14.7. The Bertz CT molecular complexity index is 1820. The zero-order valence-electron chi connectivity index (χ0n) is 28.5. The third-order valence-electron chi connectivity index (χ3n) is 11.8. The molecule has 4 N–H and O–H groups in total. The van der Waals surface area contributed by atoms with Crippen LogP contribution in [0.3, 0.4) is 0 Å². The molecule has 1 amide bonds. The number of nitrogens with zero attached hydrogens (tertiary/aromatic N) is 2. The minimum absolute atomic E-state index is 0.00606. The average Bonchev–Trinajstić information content (AvgIpc) is 3.50. The molecular weight excluding hydrogens is 666 g/mol. The number of carbonyl (C=O) groups is 3. The van der Waals surface area contributed by atoms with Gasteiger partial charge in [-0.05, 0) is 19.4 Å². The van der Waals surface area contributed by atoms with Crippen LogP contribution in [-0.2, 0) is 34.9 Å². The van der Waals surface area contributed by atoms with Crippen molar-refractivity contribution in [2.24, 2.45) is 0 Å². The van der Waals surface area contributed by atoms with Crippen LogP contribution in [0.2, 0.25) is 0 Å². The highest BCUT2D eigenvalue weighted by Crippen LogP contribution is 2.53. The van der Waals surface area contributed by atoms with Crippen molar-refractivity contribution in [2.75, 3.05) is 40.5 Å². The van der Waals surface area contributed by atoms with Gasteiger partial charge in [0.15, 0.2) is 24.6 Å². The summed E-state index contributed by atoms with van der Waals surface area (Å²) in [7, 11) is 2.93. The molecule has 2 aromatic rings. The summed E-state index contributed by atoms with van der Waals surface area (Å²) in [5.74, 6) is -2.93. The summed E-state index contributed by atoms with van der Waals surface area (Å²) in [6.07, 6.45) is -3.32. The number of phenolic OH excluding ortho intramolecular Hbond substituents is 2. The molecule has 0 saturated carbocycles. The van der Waals surface area contributed by atoms with Crippen LogP contribution in [0.5, 0.6) is 17.2 Å². The Morgan fingerprint density at radius 1 is 1.02 bits per heavy atom. The summed E-state index contributed by atoms with van der Waals surface area (Å²) < 4.78 is 36.0. The molecule has 15 heteroatoms. The lowest BCUT2D eigenvalue weighted by atomic mass is 9.72. The van der Waals surface area contributed by atoms with E-state index in [1.165, 1.54) is 19.2 Å². The monoisotopic (exact) mass is 707 g/mol. The molecule has 8 aliphatic rings. The van der Waals surface area contributed by atoms with Gasteiger partial charge in [0.1, 0.15) is 29.0 Å². The van der Waals surface area contributed by atoms with Crippen molar-refractivity contribution in [1.29, 1.82) is 0 Å². The number of amides is 1. The fourth-order valence-electron chi connectivity index (χ4n) is 9.47. The number of carbonyl (C=O) groups excluding carboxylic acids is 3. The van der Waals surface area contributed by atoms with Crippen LogP contribution in [0.15, 0.2) is 18.2 Å². The third-order valence-corrected chi connectivity index (χ3v) is 11.8. The van der Waals surface area contributed by atoms with Crippen LogP contribution in [0.25, 0.3) is 0 Å². The zero-order valence-corrected chi connectivity index (χ0v) is 28.5. The molecule has 6 heterocycles. The number of piperazine rings is 1. The molecule has 15 nitrogen and oxygen atoms in total. The largest absolute Gasteiger partial charge is 0.507 e. The van der Waals surface area contributed by atoms with Crippen molar-refractivity contribution < 1.29 is 58.1 Å². The first-order chi connectivity index (χ1) is 24.5. The fraction of sp³-hybridized carbons (Fsp3) is 0.583. The third kappa shape index (κ3) is 4.90. The summed E-state index contributed by atoms with van der Waals surface area (Å²) >= 11 is 0. The van der Waals surface area contributed by atoms with Gasteiger partial charge >= 0.3 is 0 Å². The van der Waals surface area contributed by atoms with Crippen molar-refractivity contribution in [1.82, 2.24) is 15.1 Å². The predicted molar refractivity (Wildman–Crippen MR) is 173 cm³/mol. The number of morpholine rings is 1. The Morgan fingerprint density at radius 3 is 2.49 bits per heavy atom. The molecular formula is C36H41N3O12. The number of nitrogens with one attached hydrogen (secondary N) is 1. The van der Waals surface area contributed by atoms with Gasteiger partial charge in [0.25, 0.3) is 5.91 Å². The van der Waals surface area contributed by atoms with Gasteiger partial charge in [-0.15, -0.1) is 0 Å². The molecule has 2 bridgehead atoms. The molecule has 10 rings (SSSR count). The lowest BCUT2D eigenvalue weighted by Gasteiger charge is -2.50. The maximum atomic E-state index is 14.2. The second kappa shape index (κ2) is 11.9. The van der Waals surface area contributed by atoms with Crippen molar-refractivity contribution in [3.05, 3.63) is 51.6 Å². The number of aliphatic hydroxyl groups is 1. The van der Waals surface area contributed by atoms with Crippen LogP contribution in [0.1, 0.15) is 75.3 Å². The van der Waals surface area contributed by atoms with E-state index >= 15 is 0 Å². The predicted octanol–water partition coefficient (Wildman–Crippen LogP) is 0.723. The summed E-state index contributed by atoms with van der Waals surface area (Å²) in [5, 5.41) is 39.5. The second-order valence-corrected chi connectivity index (χ2v) is 14.7. The van der Waals surface area contributed by atoms with Gasteiger partial charge in [0.2, 0.25) is 5.78 Å². The van der Waals surface area contributed by atoms with Crippen molar-refractivity contribution in [3.8, 4) is 17.2 Å². The van der Waals surface area contributed by atoms with Crippen LogP contribution in [0.4, 0.5) is 0 Å². The van der Waals surface area contributed by atoms with Crippen molar-refractivity contribution >= 4 is 17.5 Å². The summed E-state index contributed by atoms with van der Waals surface area (Å²) in [5.41, 5.74) is -2.88. The molecule has 0 radical (unpaired) electrons. The highest BCUT2D eigenvalue weighted by Gasteiger charge is 2.56. The van der Waals surface area contributed by atoms with E-state index in [9.17, 15) is 29.7 Å². The van der Waals surface area contributed by atoms with E-state index in [-0.39, 0.29) is 64.2 Å². The Kier molecular flexibility index (Phi) is 7.76. The first-order valence-corrected chi connectivity index (χ1v) is 17.5. The Balaban J connectivity index is 1.11. The van der Waals surface area contributed by atoms with Gasteiger partial charge in [0.05, 0.1) is 42.6 Å². The van der Waals surface area contributed by atoms with Gasteiger partial charge in [-0.3, -0.25) is 19.3 Å². The fourth-order valence-corrected chi connectivity index (χ4v) is 9.47. The van der Waals surface area contributed by atoms with Crippen LogP contribution in [-0.4, -0.2) is 138 Å². The number of aromatic hydroxyl groups is 2. The maximum Gasteiger partial charge on any atom is 0.255 e. The number of ether oxygens (including phenoxy) is 6. The quantitative estimate of drug-likeness (QED) is 0.272. The van der Waals surface area contributed by atoms with Crippen molar-refractivity contribution in [2.45, 2.75) is 93.5 Å². The molecule has 6 saturated heterocycles. The molecule has 2 aliphatic carbocycles. The smallest absolute Gasteiger partial charge is 0.255 e. The van der Waals surface area contributed by atoms with E-state index in [4.69, 9.17) is 28.4 Å². The molecule has 0 aromatic heterocycles. The van der Waals surface area contributed by atoms with E-state index in [0.29, 0.717) is 32.7 Å². The van der Waals surface area contributed by atoms with Crippen LogP contribution in [0, 0.1) is 0 Å². The molecule has 0 spiro atoms. The Hall–Kier alpha value is -3.67. The maximum absolute atomic E-state index is 14.2. The first-order valence-electron chi connectivity index (χ1n) is 17.5. The minimum atomic E-state index is -2.07. The van der Waals surface area contributed by atoms with E-state index in [2.05, 4.69) is 10.2 Å². The van der Waals surface area contributed by atoms with Gasteiger partial charge in [-0.25, -0.2) is 0 Å². The summed E-state index contributed by atoms with van der Waals surface area (Å²) in [6, 6.07) is 4.66. The molecule has 51 heavy (non-hydrogen) atoms. The van der Waals surface area contributed by atoms with E-state index in [1.807, 2.05) is 6.92 Å². The van der Waals surface area contributed by atoms with Gasteiger partial charge in [0, 0.05) is 80.8 Å². The SMILES string of the molecule is COc1cccc2c1C(=O)c1c(O)c3c(c(O)c1C2=O)C[C@@](O)(C(=O)N1CC2CC(C1)N2)C[C@@H]3O[C@H]1C[C@H]2[C@H](O[C@@H]3[C@@H](OC)OCCN32)[C@H](C)O1. The number of ketones is 2. The number of fused-ring (bicyclic) bond motifs is 8. The number of benzene rings is 2. The number of phenols is 2. The minimum Gasteiger partial charge on any atom is -0.507 e. The molecule has 2 unspecified atom stereocenters. The number of hydrogen-bond acceptors (Lipinski definition) is 14. The number of methoxy groups -OCH3 is 2. The summed E-state index contributed by atoms with van der Waals surface area (Å²) in [6.45, 7) is 3.74. The zero-order chi connectivity index (χ0) is 35.5. The van der Waals surface area contributed by atoms with Gasteiger partial charge < -0.3 is 54.0 Å². The molecule has 6 aliphatic heterocycles. The lowest BCUT2D eigenvalue weighted by molar-refractivity contribution is -0.256. The molecule has 10 atom stereocenters. The molecule has 272 valence electrons. The number of hydrogen-bond donors (Lipinski definition) is 4. The van der Waals surface area contributed by atoms with E-state index < -0.39 is 77.6 Å². The Morgan fingerprint density at radius 2 is 1.76 bits per heavy atom. The topological polar surface area (TPSA) is 186 Å². The van der Waals surface area contributed by atoms with Gasteiger partial charge in [-0.2, -0.15) is 0 Å². The van der Waals surface area contributed by atoms with Gasteiger partial charge in [-0.1, -0.05) is 12.1 Å². The number of piperidine rings is 1. The lowest BCUT2D eigenvalue weighted by Crippen LogP contribution is -2.70.